The average molecular weight is 206 g/mol. The van der Waals surface area contributed by atoms with Gasteiger partial charge in [0.25, 0.3) is 0 Å². The van der Waals surface area contributed by atoms with Gasteiger partial charge in [0.05, 0.1) is 6.42 Å². The van der Waals surface area contributed by atoms with Crippen molar-refractivity contribution in [2.24, 2.45) is 0 Å². The largest absolute Gasteiger partial charge is 0.481 e. The Morgan fingerprint density at radius 2 is 2.21 bits per heavy atom. The van der Waals surface area contributed by atoms with Crippen LogP contribution in [0.4, 0.5) is 0 Å². The lowest BCUT2D eigenvalue weighted by Crippen LogP contribution is -2.06. The molecule has 1 aliphatic heterocycles. The molecule has 1 atom stereocenters. The molecule has 0 bridgehead atoms. The van der Waals surface area contributed by atoms with Crippen LogP contribution < -0.4 is 0 Å². The number of rotatable bonds is 2. The SMILES string of the molecule is O=C(O)CC1C=CSc2ccccc21. The maximum Gasteiger partial charge on any atom is 0.304 e. The predicted octanol–water partition coefficient (Wildman–Crippen LogP) is 2.86. The maximum absolute atomic E-state index is 10.6. The van der Waals surface area contributed by atoms with E-state index in [0.29, 0.717) is 0 Å². The number of benzene rings is 1. The first-order valence-corrected chi connectivity index (χ1v) is 5.29. The van der Waals surface area contributed by atoms with E-state index in [1.54, 1.807) is 11.8 Å². The van der Waals surface area contributed by atoms with Gasteiger partial charge in [0, 0.05) is 10.8 Å². The molecule has 3 heteroatoms. The predicted molar refractivity (Wildman–Crippen MR) is 56.4 cm³/mol. The van der Waals surface area contributed by atoms with E-state index in [1.807, 2.05) is 35.7 Å². The first kappa shape index (κ1) is 9.34. The van der Waals surface area contributed by atoms with Gasteiger partial charge in [-0.05, 0) is 17.0 Å². The Bertz CT molecular complexity index is 385. The van der Waals surface area contributed by atoms with Crippen LogP contribution in [0.3, 0.4) is 0 Å². The molecule has 0 saturated heterocycles. The van der Waals surface area contributed by atoms with Gasteiger partial charge in [0.1, 0.15) is 0 Å². The Balaban J connectivity index is 2.31. The molecule has 0 saturated carbocycles. The van der Waals surface area contributed by atoms with Gasteiger partial charge in [-0.1, -0.05) is 36.0 Å². The lowest BCUT2D eigenvalue weighted by atomic mass is 9.96. The van der Waals surface area contributed by atoms with Crippen LogP contribution in [0, 0.1) is 0 Å². The summed E-state index contributed by atoms with van der Waals surface area (Å²) in [4.78, 5) is 11.8. The van der Waals surface area contributed by atoms with Crippen LogP contribution in [-0.4, -0.2) is 11.1 Å². The molecule has 2 nitrogen and oxygen atoms in total. The highest BCUT2D eigenvalue weighted by atomic mass is 32.2. The third-order valence-electron chi connectivity index (χ3n) is 2.22. The number of hydrogen-bond donors (Lipinski definition) is 1. The minimum absolute atomic E-state index is 0.0324. The molecule has 0 spiro atoms. The second kappa shape index (κ2) is 3.88. The second-order valence-corrected chi connectivity index (χ2v) is 4.14. The van der Waals surface area contributed by atoms with Crippen molar-refractivity contribution in [1.29, 1.82) is 0 Å². The fourth-order valence-electron chi connectivity index (χ4n) is 1.57. The molecule has 1 heterocycles. The Hall–Kier alpha value is -1.22. The summed E-state index contributed by atoms with van der Waals surface area (Å²) in [6.45, 7) is 0. The molecule has 0 amide bonds. The minimum Gasteiger partial charge on any atom is -0.481 e. The molecule has 14 heavy (non-hydrogen) atoms. The van der Waals surface area contributed by atoms with Crippen molar-refractivity contribution in [3.8, 4) is 0 Å². The van der Waals surface area contributed by atoms with Crippen molar-refractivity contribution < 1.29 is 9.90 Å². The lowest BCUT2D eigenvalue weighted by molar-refractivity contribution is -0.137. The zero-order valence-electron chi connectivity index (χ0n) is 7.51. The Kier molecular flexibility index (Phi) is 2.59. The van der Waals surface area contributed by atoms with E-state index in [4.69, 9.17) is 5.11 Å². The molecule has 72 valence electrons. The van der Waals surface area contributed by atoms with Crippen molar-refractivity contribution in [2.45, 2.75) is 17.2 Å². The van der Waals surface area contributed by atoms with E-state index < -0.39 is 5.97 Å². The summed E-state index contributed by atoms with van der Waals surface area (Å²) >= 11 is 1.65. The summed E-state index contributed by atoms with van der Waals surface area (Å²) in [6.07, 6.45) is 2.13. The number of fused-ring (bicyclic) bond motifs is 1. The summed E-state index contributed by atoms with van der Waals surface area (Å²) in [5, 5.41) is 10.7. The number of carboxylic acids is 1. The highest BCUT2D eigenvalue weighted by Gasteiger charge is 2.18. The Morgan fingerprint density at radius 3 is 3.00 bits per heavy atom. The van der Waals surface area contributed by atoms with Crippen LogP contribution in [0.2, 0.25) is 0 Å². The van der Waals surface area contributed by atoms with Crippen LogP contribution in [0.1, 0.15) is 17.9 Å². The molecule has 0 radical (unpaired) electrons. The van der Waals surface area contributed by atoms with Gasteiger partial charge in [-0.2, -0.15) is 0 Å². The van der Waals surface area contributed by atoms with Crippen LogP contribution in [0.25, 0.3) is 0 Å². The third kappa shape index (κ3) is 1.82. The normalized spacial score (nSPS) is 19.0. The van der Waals surface area contributed by atoms with Gasteiger partial charge in [0.15, 0.2) is 0 Å². The van der Waals surface area contributed by atoms with E-state index >= 15 is 0 Å². The van der Waals surface area contributed by atoms with Crippen LogP contribution in [-0.2, 0) is 4.79 Å². The number of carboxylic acid groups (broad SMARTS) is 1. The first-order chi connectivity index (χ1) is 6.77. The summed E-state index contributed by atoms with van der Waals surface area (Å²) in [7, 11) is 0. The molecule has 2 rings (SSSR count). The fraction of sp³-hybridized carbons (Fsp3) is 0.182. The zero-order valence-corrected chi connectivity index (χ0v) is 8.33. The van der Waals surface area contributed by atoms with Gasteiger partial charge < -0.3 is 5.11 Å². The molecule has 1 aliphatic rings. The van der Waals surface area contributed by atoms with Gasteiger partial charge in [0.2, 0.25) is 0 Å². The molecule has 1 unspecified atom stereocenters. The maximum atomic E-state index is 10.6. The summed E-state index contributed by atoms with van der Waals surface area (Å²) in [5.74, 6) is -0.716. The average Bonchev–Trinajstić information content (AvgIpc) is 2.18. The van der Waals surface area contributed by atoms with E-state index in [0.717, 1.165) is 5.56 Å². The Morgan fingerprint density at radius 1 is 1.43 bits per heavy atom. The number of carbonyl (C=O) groups is 1. The van der Waals surface area contributed by atoms with E-state index in [9.17, 15) is 4.79 Å². The molecule has 0 fully saturated rings. The highest BCUT2D eigenvalue weighted by Crippen LogP contribution is 2.36. The number of hydrogen-bond acceptors (Lipinski definition) is 2. The van der Waals surface area contributed by atoms with Gasteiger partial charge in [-0.3, -0.25) is 4.79 Å². The summed E-state index contributed by atoms with van der Waals surface area (Å²) in [6, 6.07) is 7.95. The van der Waals surface area contributed by atoms with Crippen molar-refractivity contribution in [3.63, 3.8) is 0 Å². The third-order valence-corrected chi connectivity index (χ3v) is 3.14. The van der Waals surface area contributed by atoms with Crippen molar-refractivity contribution in [1.82, 2.24) is 0 Å². The van der Waals surface area contributed by atoms with Crippen molar-refractivity contribution >= 4 is 17.7 Å². The zero-order chi connectivity index (χ0) is 9.97. The second-order valence-electron chi connectivity index (χ2n) is 3.19. The van der Waals surface area contributed by atoms with E-state index in [1.165, 1.54) is 4.90 Å². The molecule has 1 aromatic carbocycles. The van der Waals surface area contributed by atoms with Gasteiger partial charge >= 0.3 is 5.97 Å². The summed E-state index contributed by atoms with van der Waals surface area (Å²) in [5.41, 5.74) is 1.13. The van der Waals surface area contributed by atoms with Crippen molar-refractivity contribution in [2.75, 3.05) is 0 Å². The Labute approximate surface area is 86.6 Å². The number of aliphatic carboxylic acids is 1. The first-order valence-electron chi connectivity index (χ1n) is 4.41. The standard InChI is InChI=1S/C11H10O2S/c12-11(13)7-8-5-6-14-10-4-2-1-3-9(8)10/h1-6,8H,7H2,(H,12,13). The smallest absolute Gasteiger partial charge is 0.304 e. The van der Waals surface area contributed by atoms with Crippen LogP contribution in [0.5, 0.6) is 0 Å². The molecule has 1 aromatic rings. The monoisotopic (exact) mass is 206 g/mol. The van der Waals surface area contributed by atoms with E-state index in [-0.39, 0.29) is 12.3 Å². The fourth-order valence-corrected chi connectivity index (χ4v) is 2.50. The number of thioether (sulfide) groups is 1. The quantitative estimate of drug-likeness (QED) is 0.808. The van der Waals surface area contributed by atoms with Gasteiger partial charge in [-0.15, -0.1) is 0 Å². The van der Waals surface area contributed by atoms with E-state index in [2.05, 4.69) is 0 Å². The van der Waals surface area contributed by atoms with Crippen LogP contribution >= 0.6 is 11.8 Å². The molecular formula is C11H10O2S. The highest BCUT2D eigenvalue weighted by molar-refractivity contribution is 8.02. The van der Waals surface area contributed by atoms with Gasteiger partial charge in [-0.25, -0.2) is 0 Å². The number of allylic oxidation sites excluding steroid dienone is 1. The topological polar surface area (TPSA) is 37.3 Å². The van der Waals surface area contributed by atoms with Crippen LogP contribution in [0.15, 0.2) is 40.6 Å². The molecule has 0 aliphatic carbocycles. The summed E-state index contributed by atoms with van der Waals surface area (Å²) < 4.78 is 0. The minimum atomic E-state index is -0.749. The molecular weight excluding hydrogens is 196 g/mol. The molecule has 1 N–H and O–H groups in total. The molecule has 0 aromatic heterocycles. The van der Waals surface area contributed by atoms with Crippen molar-refractivity contribution in [3.05, 3.63) is 41.3 Å². The lowest BCUT2D eigenvalue weighted by Gasteiger charge is -2.18.